The van der Waals surface area contributed by atoms with Crippen molar-refractivity contribution in [3.63, 3.8) is 0 Å². The molecule has 0 aromatic heterocycles. The van der Waals surface area contributed by atoms with Crippen molar-refractivity contribution in [3.05, 3.63) is 12.2 Å². The van der Waals surface area contributed by atoms with Crippen molar-refractivity contribution in [1.29, 1.82) is 0 Å². The number of ketones is 2. The molecule has 0 aromatic rings. The summed E-state index contributed by atoms with van der Waals surface area (Å²) >= 11 is 0. The lowest BCUT2D eigenvalue weighted by atomic mass is 10.0. The maximum absolute atomic E-state index is 11.5. The van der Waals surface area contributed by atoms with Gasteiger partial charge in [0.25, 0.3) is 0 Å². The molecular weight excluding hydrogens is 428 g/mol. The van der Waals surface area contributed by atoms with Crippen LogP contribution in [0.3, 0.4) is 0 Å². The van der Waals surface area contributed by atoms with Gasteiger partial charge in [0.2, 0.25) is 0 Å². The SMILES string of the molecule is CCCCCCCCC=CCCCCCCCCCCCCCCCCCCCC(=O)CC(C)=O. The molecule has 0 unspecified atom stereocenters. The number of carbonyl (C=O) groups is 2. The summed E-state index contributed by atoms with van der Waals surface area (Å²) < 4.78 is 0. The second kappa shape index (κ2) is 29.3. The first-order valence-corrected chi connectivity index (χ1v) is 15.8. The summed E-state index contributed by atoms with van der Waals surface area (Å²) in [6.07, 6.45) is 39.6. The van der Waals surface area contributed by atoms with Crippen molar-refractivity contribution in [2.75, 3.05) is 0 Å². The Bertz CT molecular complexity index is 479. The quantitative estimate of drug-likeness (QED) is 0.0593. The van der Waals surface area contributed by atoms with Gasteiger partial charge in [-0.1, -0.05) is 147 Å². The van der Waals surface area contributed by atoms with Crippen LogP contribution in [0.25, 0.3) is 0 Å². The molecule has 0 atom stereocenters. The molecule has 0 amide bonds. The van der Waals surface area contributed by atoms with E-state index in [9.17, 15) is 9.59 Å². The molecule has 2 heteroatoms. The number of hydrogen-bond donors (Lipinski definition) is 0. The summed E-state index contributed by atoms with van der Waals surface area (Å²) in [6.45, 7) is 3.78. The van der Waals surface area contributed by atoms with E-state index in [4.69, 9.17) is 0 Å². The van der Waals surface area contributed by atoms with Crippen molar-refractivity contribution in [1.82, 2.24) is 0 Å². The molecule has 0 N–H and O–H groups in total. The number of rotatable bonds is 29. The summed E-state index contributed by atoms with van der Waals surface area (Å²) in [5, 5.41) is 0. The van der Waals surface area contributed by atoms with Gasteiger partial charge in [0.1, 0.15) is 11.6 Å². The molecule has 0 aromatic carbocycles. The number of hydrogen-bond acceptors (Lipinski definition) is 2. The predicted octanol–water partition coefficient (Wildman–Crippen LogP) is 11.3. The van der Waals surface area contributed by atoms with Gasteiger partial charge in [-0.05, 0) is 39.0 Å². The van der Waals surface area contributed by atoms with Crippen LogP contribution in [0.5, 0.6) is 0 Å². The molecule has 0 spiro atoms. The van der Waals surface area contributed by atoms with Gasteiger partial charge in [-0.15, -0.1) is 0 Å². The normalized spacial score (nSPS) is 11.5. The molecule has 0 aliphatic heterocycles. The fourth-order valence-electron chi connectivity index (χ4n) is 4.88. The highest BCUT2D eigenvalue weighted by Crippen LogP contribution is 2.15. The van der Waals surface area contributed by atoms with E-state index in [2.05, 4.69) is 19.1 Å². The highest BCUT2D eigenvalue weighted by molar-refractivity contribution is 5.97. The van der Waals surface area contributed by atoms with Crippen LogP contribution in [0.2, 0.25) is 0 Å². The fraction of sp³-hybridized carbons (Fsp3) is 0.879. The molecule has 0 aliphatic carbocycles. The molecule has 0 radical (unpaired) electrons. The van der Waals surface area contributed by atoms with Crippen LogP contribution < -0.4 is 0 Å². The average molecular weight is 491 g/mol. The molecular formula is C33H62O2. The maximum atomic E-state index is 11.5. The molecule has 0 heterocycles. The summed E-state index contributed by atoms with van der Waals surface area (Å²) in [6, 6.07) is 0. The van der Waals surface area contributed by atoms with E-state index >= 15 is 0 Å². The third kappa shape index (κ3) is 31.0. The van der Waals surface area contributed by atoms with Crippen LogP contribution in [-0.2, 0) is 9.59 Å². The first kappa shape index (κ1) is 34.1. The average Bonchev–Trinajstić information content (AvgIpc) is 2.83. The minimum absolute atomic E-state index is 0.00179. The van der Waals surface area contributed by atoms with Gasteiger partial charge >= 0.3 is 0 Å². The first-order chi connectivity index (χ1) is 17.2. The number of carbonyl (C=O) groups excluding carboxylic acids is 2. The summed E-state index contributed by atoms with van der Waals surface area (Å²) in [7, 11) is 0. The third-order valence-electron chi connectivity index (χ3n) is 7.16. The lowest BCUT2D eigenvalue weighted by Gasteiger charge is -2.04. The monoisotopic (exact) mass is 490 g/mol. The van der Waals surface area contributed by atoms with E-state index in [0.29, 0.717) is 6.42 Å². The van der Waals surface area contributed by atoms with Crippen molar-refractivity contribution >= 4 is 11.6 Å². The lowest BCUT2D eigenvalue weighted by molar-refractivity contribution is -0.125. The predicted molar refractivity (Wildman–Crippen MR) is 155 cm³/mol. The maximum Gasteiger partial charge on any atom is 0.140 e. The Hall–Kier alpha value is -0.920. The molecule has 206 valence electrons. The van der Waals surface area contributed by atoms with Crippen LogP contribution >= 0.6 is 0 Å². The van der Waals surface area contributed by atoms with Crippen LogP contribution in [0.4, 0.5) is 0 Å². The van der Waals surface area contributed by atoms with Gasteiger partial charge in [0.05, 0.1) is 6.42 Å². The van der Waals surface area contributed by atoms with Crippen LogP contribution in [0.15, 0.2) is 12.2 Å². The van der Waals surface area contributed by atoms with Crippen LogP contribution in [-0.4, -0.2) is 11.6 Å². The van der Waals surface area contributed by atoms with Gasteiger partial charge in [0, 0.05) is 6.42 Å². The Balaban J connectivity index is 3.11. The van der Waals surface area contributed by atoms with Crippen molar-refractivity contribution in [3.8, 4) is 0 Å². The molecule has 0 fully saturated rings. The van der Waals surface area contributed by atoms with Gasteiger partial charge < -0.3 is 0 Å². The Morgan fingerprint density at radius 3 is 1.11 bits per heavy atom. The first-order valence-electron chi connectivity index (χ1n) is 15.8. The molecule has 0 saturated carbocycles. The fourth-order valence-corrected chi connectivity index (χ4v) is 4.88. The standard InChI is InChI=1S/C33H62O2/c1-3-4-5-6-7-8-9-10-11-12-13-14-15-16-17-18-19-20-21-22-23-24-25-26-27-28-29-30-33(35)31-32(2)34/h10-11H,3-9,12-31H2,1-2H3. The number of unbranched alkanes of at least 4 members (excludes halogenated alkanes) is 23. The van der Waals surface area contributed by atoms with Gasteiger partial charge in [0.15, 0.2) is 0 Å². The number of allylic oxidation sites excluding steroid dienone is 2. The second-order valence-electron chi connectivity index (χ2n) is 11.0. The van der Waals surface area contributed by atoms with Gasteiger partial charge in [-0.2, -0.15) is 0 Å². The van der Waals surface area contributed by atoms with Gasteiger partial charge in [-0.3, -0.25) is 9.59 Å². The Morgan fingerprint density at radius 1 is 0.457 bits per heavy atom. The Morgan fingerprint density at radius 2 is 0.771 bits per heavy atom. The van der Waals surface area contributed by atoms with E-state index in [1.54, 1.807) is 0 Å². The van der Waals surface area contributed by atoms with Crippen LogP contribution in [0.1, 0.15) is 187 Å². The van der Waals surface area contributed by atoms with Crippen molar-refractivity contribution in [2.45, 2.75) is 187 Å². The second-order valence-corrected chi connectivity index (χ2v) is 11.0. The van der Waals surface area contributed by atoms with Crippen molar-refractivity contribution < 1.29 is 9.59 Å². The summed E-state index contributed by atoms with van der Waals surface area (Å²) in [5.41, 5.74) is 0. The van der Waals surface area contributed by atoms with Crippen LogP contribution in [0, 0.1) is 0 Å². The minimum atomic E-state index is -0.00179. The van der Waals surface area contributed by atoms with E-state index in [1.165, 1.54) is 155 Å². The third-order valence-corrected chi connectivity index (χ3v) is 7.16. The summed E-state index contributed by atoms with van der Waals surface area (Å²) in [5.74, 6) is 0.118. The molecule has 0 rings (SSSR count). The molecule has 0 aliphatic rings. The van der Waals surface area contributed by atoms with E-state index in [1.807, 2.05) is 0 Å². The Labute approximate surface area is 220 Å². The zero-order valence-corrected chi connectivity index (χ0v) is 24.1. The highest BCUT2D eigenvalue weighted by Gasteiger charge is 2.04. The minimum Gasteiger partial charge on any atom is -0.300 e. The number of Topliss-reactive ketones (excluding diaryl/α,β-unsaturated/α-hetero) is 2. The zero-order chi connectivity index (χ0) is 25.7. The Kier molecular flexibility index (Phi) is 28.5. The van der Waals surface area contributed by atoms with Crippen molar-refractivity contribution in [2.24, 2.45) is 0 Å². The molecule has 35 heavy (non-hydrogen) atoms. The van der Waals surface area contributed by atoms with E-state index in [0.717, 1.165) is 12.8 Å². The lowest BCUT2D eigenvalue weighted by Crippen LogP contribution is -2.03. The molecule has 2 nitrogen and oxygen atoms in total. The molecule has 0 saturated heterocycles. The highest BCUT2D eigenvalue weighted by atomic mass is 16.1. The smallest absolute Gasteiger partial charge is 0.140 e. The van der Waals surface area contributed by atoms with Gasteiger partial charge in [-0.25, -0.2) is 0 Å². The van der Waals surface area contributed by atoms with E-state index < -0.39 is 0 Å². The zero-order valence-electron chi connectivity index (χ0n) is 24.1. The largest absolute Gasteiger partial charge is 0.300 e. The molecule has 0 bridgehead atoms. The summed E-state index contributed by atoms with van der Waals surface area (Å²) in [4.78, 5) is 22.4. The topological polar surface area (TPSA) is 34.1 Å². The van der Waals surface area contributed by atoms with E-state index in [-0.39, 0.29) is 18.0 Å².